The Morgan fingerprint density at radius 1 is 1.19 bits per heavy atom. The van der Waals surface area contributed by atoms with E-state index in [0.717, 1.165) is 42.3 Å². The topological polar surface area (TPSA) is 28.2 Å². The average molecular weight is 307 g/mol. The molecule has 0 unspecified atom stereocenters. The summed E-state index contributed by atoms with van der Waals surface area (Å²) >= 11 is 1.72. The number of thiazole rings is 1. The van der Waals surface area contributed by atoms with E-state index >= 15 is 0 Å². The SMILES string of the molecule is Cc1sc(CCNCCN(C)C)nc1-c1ccc(F)cc1. The zero-order chi connectivity index (χ0) is 15.2. The molecular formula is C16H22FN3S. The summed E-state index contributed by atoms with van der Waals surface area (Å²) in [7, 11) is 4.14. The molecular weight excluding hydrogens is 285 g/mol. The molecule has 1 aromatic heterocycles. The molecule has 0 fully saturated rings. The first kappa shape index (κ1) is 16.1. The molecule has 5 heteroatoms. The quantitative estimate of drug-likeness (QED) is 0.797. The van der Waals surface area contributed by atoms with E-state index in [-0.39, 0.29) is 5.82 Å². The first-order valence-electron chi connectivity index (χ1n) is 7.14. The zero-order valence-electron chi connectivity index (χ0n) is 12.8. The molecule has 0 spiro atoms. The molecule has 114 valence electrons. The lowest BCUT2D eigenvalue weighted by Gasteiger charge is -2.09. The maximum Gasteiger partial charge on any atom is 0.123 e. The molecule has 0 aliphatic heterocycles. The van der Waals surface area contributed by atoms with Gasteiger partial charge in [-0.1, -0.05) is 0 Å². The summed E-state index contributed by atoms with van der Waals surface area (Å²) < 4.78 is 13.0. The normalized spacial score (nSPS) is 11.3. The van der Waals surface area contributed by atoms with Crippen molar-refractivity contribution in [1.29, 1.82) is 0 Å². The van der Waals surface area contributed by atoms with Crippen molar-refractivity contribution in [2.24, 2.45) is 0 Å². The fourth-order valence-electron chi connectivity index (χ4n) is 2.06. The number of aryl methyl sites for hydroxylation is 1. The van der Waals surface area contributed by atoms with Crippen LogP contribution in [0.2, 0.25) is 0 Å². The number of nitrogens with zero attached hydrogens (tertiary/aromatic N) is 2. The maximum absolute atomic E-state index is 13.0. The molecule has 2 rings (SSSR count). The Morgan fingerprint density at radius 2 is 1.90 bits per heavy atom. The minimum Gasteiger partial charge on any atom is -0.315 e. The molecule has 1 aromatic carbocycles. The van der Waals surface area contributed by atoms with Crippen LogP contribution in [0.4, 0.5) is 4.39 Å². The van der Waals surface area contributed by atoms with Crippen LogP contribution >= 0.6 is 11.3 Å². The highest BCUT2D eigenvalue weighted by molar-refractivity contribution is 7.12. The van der Waals surface area contributed by atoms with E-state index in [1.165, 1.54) is 17.0 Å². The third kappa shape index (κ3) is 4.88. The fraction of sp³-hybridized carbons (Fsp3) is 0.438. The van der Waals surface area contributed by atoms with E-state index < -0.39 is 0 Å². The van der Waals surface area contributed by atoms with Crippen LogP contribution in [0.1, 0.15) is 9.88 Å². The predicted octanol–water partition coefficient (Wildman–Crippen LogP) is 2.95. The van der Waals surface area contributed by atoms with E-state index in [1.807, 2.05) is 0 Å². The number of rotatable bonds is 7. The Morgan fingerprint density at radius 3 is 2.57 bits per heavy atom. The van der Waals surface area contributed by atoms with Crippen LogP contribution in [-0.2, 0) is 6.42 Å². The monoisotopic (exact) mass is 307 g/mol. The summed E-state index contributed by atoms with van der Waals surface area (Å²) in [4.78, 5) is 8.03. The molecule has 0 atom stereocenters. The third-order valence-corrected chi connectivity index (χ3v) is 4.24. The summed E-state index contributed by atoms with van der Waals surface area (Å²) in [6.07, 6.45) is 0.931. The number of hydrogen-bond donors (Lipinski definition) is 1. The summed E-state index contributed by atoms with van der Waals surface area (Å²) in [6, 6.07) is 6.54. The smallest absolute Gasteiger partial charge is 0.123 e. The number of benzene rings is 1. The van der Waals surface area contributed by atoms with E-state index in [1.54, 1.807) is 23.5 Å². The molecule has 0 saturated carbocycles. The largest absolute Gasteiger partial charge is 0.315 e. The lowest BCUT2D eigenvalue weighted by molar-refractivity contribution is 0.401. The minimum absolute atomic E-state index is 0.211. The van der Waals surface area contributed by atoms with Gasteiger partial charge in [0.2, 0.25) is 0 Å². The Bertz CT molecular complexity index is 563. The predicted molar refractivity (Wildman–Crippen MR) is 87.4 cm³/mol. The minimum atomic E-state index is -0.211. The van der Waals surface area contributed by atoms with Gasteiger partial charge >= 0.3 is 0 Å². The van der Waals surface area contributed by atoms with Gasteiger partial charge in [0.25, 0.3) is 0 Å². The summed E-state index contributed by atoms with van der Waals surface area (Å²) in [5, 5.41) is 4.55. The van der Waals surface area contributed by atoms with Gasteiger partial charge in [0.1, 0.15) is 5.82 Å². The van der Waals surface area contributed by atoms with Crippen LogP contribution < -0.4 is 5.32 Å². The van der Waals surface area contributed by atoms with Gasteiger partial charge in [-0.3, -0.25) is 0 Å². The number of likely N-dealkylation sites (N-methyl/N-ethyl adjacent to an activating group) is 1. The van der Waals surface area contributed by atoms with Crippen molar-refractivity contribution in [1.82, 2.24) is 15.2 Å². The lowest BCUT2D eigenvalue weighted by atomic mass is 10.1. The number of aromatic nitrogens is 1. The van der Waals surface area contributed by atoms with Crippen molar-refractivity contribution in [3.05, 3.63) is 40.0 Å². The van der Waals surface area contributed by atoms with E-state index in [0.29, 0.717) is 0 Å². The highest BCUT2D eigenvalue weighted by Crippen LogP contribution is 2.27. The molecule has 1 N–H and O–H groups in total. The van der Waals surface area contributed by atoms with Crippen LogP contribution in [-0.4, -0.2) is 43.6 Å². The van der Waals surface area contributed by atoms with Gasteiger partial charge < -0.3 is 10.2 Å². The first-order chi connectivity index (χ1) is 10.1. The first-order valence-corrected chi connectivity index (χ1v) is 7.95. The number of nitrogens with one attached hydrogen (secondary N) is 1. The lowest BCUT2D eigenvalue weighted by Crippen LogP contribution is -2.27. The van der Waals surface area contributed by atoms with Gasteiger partial charge in [0.15, 0.2) is 0 Å². The Hall–Kier alpha value is -1.30. The molecule has 0 bridgehead atoms. The van der Waals surface area contributed by atoms with Gasteiger partial charge in [-0.05, 0) is 45.3 Å². The third-order valence-electron chi connectivity index (χ3n) is 3.21. The molecule has 0 aliphatic rings. The van der Waals surface area contributed by atoms with Gasteiger partial charge in [-0.15, -0.1) is 11.3 Å². The highest BCUT2D eigenvalue weighted by atomic mass is 32.1. The highest BCUT2D eigenvalue weighted by Gasteiger charge is 2.09. The van der Waals surface area contributed by atoms with E-state index in [4.69, 9.17) is 0 Å². The Balaban J connectivity index is 1.91. The molecule has 21 heavy (non-hydrogen) atoms. The summed E-state index contributed by atoms with van der Waals surface area (Å²) in [5.74, 6) is -0.211. The Labute approximate surface area is 129 Å². The molecule has 3 nitrogen and oxygen atoms in total. The standard InChI is InChI=1S/C16H22FN3S/c1-12-16(13-4-6-14(17)7-5-13)19-15(21-12)8-9-18-10-11-20(2)3/h4-7,18H,8-11H2,1-3H3. The molecule has 0 saturated heterocycles. The average Bonchev–Trinajstić information content (AvgIpc) is 2.80. The molecule has 0 aliphatic carbocycles. The second-order valence-corrected chi connectivity index (χ2v) is 6.61. The van der Waals surface area contributed by atoms with E-state index in [9.17, 15) is 4.39 Å². The van der Waals surface area contributed by atoms with E-state index in [2.05, 4.69) is 36.2 Å². The fourth-order valence-corrected chi connectivity index (χ4v) is 3.01. The second kappa shape index (κ2) is 7.64. The van der Waals surface area contributed by atoms with Crippen LogP contribution in [0.25, 0.3) is 11.3 Å². The Kier molecular flexibility index (Phi) is 5.85. The van der Waals surface area contributed by atoms with Gasteiger partial charge in [0.05, 0.1) is 10.7 Å². The molecule has 0 radical (unpaired) electrons. The summed E-state index contributed by atoms with van der Waals surface area (Å²) in [5.41, 5.74) is 1.96. The van der Waals surface area contributed by atoms with Crippen molar-refractivity contribution in [2.45, 2.75) is 13.3 Å². The van der Waals surface area contributed by atoms with Gasteiger partial charge in [-0.2, -0.15) is 0 Å². The van der Waals surface area contributed by atoms with Crippen LogP contribution in [0, 0.1) is 12.7 Å². The van der Waals surface area contributed by atoms with Crippen molar-refractivity contribution in [3.63, 3.8) is 0 Å². The van der Waals surface area contributed by atoms with Crippen molar-refractivity contribution >= 4 is 11.3 Å². The summed E-state index contributed by atoms with van der Waals surface area (Å²) in [6.45, 7) is 5.03. The van der Waals surface area contributed by atoms with Crippen molar-refractivity contribution in [2.75, 3.05) is 33.7 Å². The maximum atomic E-state index is 13.0. The number of hydrogen-bond acceptors (Lipinski definition) is 4. The van der Waals surface area contributed by atoms with Gasteiger partial charge in [0, 0.05) is 36.5 Å². The zero-order valence-corrected chi connectivity index (χ0v) is 13.6. The van der Waals surface area contributed by atoms with Crippen LogP contribution in [0.3, 0.4) is 0 Å². The number of halogens is 1. The molecule has 0 amide bonds. The van der Waals surface area contributed by atoms with Crippen LogP contribution in [0.15, 0.2) is 24.3 Å². The van der Waals surface area contributed by atoms with Crippen molar-refractivity contribution in [3.8, 4) is 11.3 Å². The molecule has 1 heterocycles. The van der Waals surface area contributed by atoms with Gasteiger partial charge in [-0.25, -0.2) is 9.37 Å². The van der Waals surface area contributed by atoms with Crippen molar-refractivity contribution < 1.29 is 4.39 Å². The second-order valence-electron chi connectivity index (χ2n) is 5.32. The molecule has 2 aromatic rings. The van der Waals surface area contributed by atoms with Crippen LogP contribution in [0.5, 0.6) is 0 Å².